The van der Waals surface area contributed by atoms with Gasteiger partial charge in [-0.25, -0.2) is 4.98 Å². The quantitative estimate of drug-likeness (QED) is 0.918. The number of hydrogen-bond donors (Lipinski definition) is 1. The summed E-state index contributed by atoms with van der Waals surface area (Å²) in [7, 11) is 3.52. The van der Waals surface area contributed by atoms with Gasteiger partial charge in [0.05, 0.1) is 10.6 Å². The zero-order valence-electron chi connectivity index (χ0n) is 11.5. The van der Waals surface area contributed by atoms with Gasteiger partial charge in [0.25, 0.3) is 5.91 Å². The molecule has 4 nitrogen and oxygen atoms in total. The number of halogens is 1. The van der Waals surface area contributed by atoms with Gasteiger partial charge in [-0.2, -0.15) is 0 Å². The maximum Gasteiger partial charge on any atom is 0.255 e. The van der Waals surface area contributed by atoms with E-state index < -0.39 is 0 Å². The van der Waals surface area contributed by atoms with Gasteiger partial charge in [-0.05, 0) is 11.5 Å². The number of carbonyl (C=O) groups is 1. The molecular formula is C13H20ClN3O. The molecule has 1 heterocycles. The number of amides is 1. The molecule has 0 aliphatic carbocycles. The summed E-state index contributed by atoms with van der Waals surface area (Å²) in [4.78, 5) is 18.0. The molecule has 0 unspecified atom stereocenters. The fourth-order valence-electron chi connectivity index (χ4n) is 1.74. The van der Waals surface area contributed by atoms with Crippen molar-refractivity contribution in [1.29, 1.82) is 0 Å². The number of carbonyl (C=O) groups excluding carboxylic acids is 1. The molecular weight excluding hydrogens is 250 g/mol. The monoisotopic (exact) mass is 269 g/mol. The summed E-state index contributed by atoms with van der Waals surface area (Å²) < 4.78 is 0. The van der Waals surface area contributed by atoms with E-state index in [2.05, 4.69) is 31.1 Å². The molecule has 0 spiro atoms. The third-order valence-electron chi connectivity index (χ3n) is 2.38. The molecule has 100 valence electrons. The molecule has 0 atom stereocenters. The van der Waals surface area contributed by atoms with Crippen molar-refractivity contribution in [2.24, 2.45) is 5.41 Å². The number of pyridine rings is 1. The maximum atomic E-state index is 12.2. The lowest BCUT2D eigenvalue weighted by Crippen LogP contribution is -2.34. The van der Waals surface area contributed by atoms with Crippen LogP contribution in [0.5, 0.6) is 0 Å². The smallest absolute Gasteiger partial charge is 0.255 e. The number of nitrogens with zero attached hydrogens (tertiary/aromatic N) is 2. The molecule has 0 fully saturated rings. The van der Waals surface area contributed by atoms with E-state index in [1.54, 1.807) is 31.3 Å². The summed E-state index contributed by atoms with van der Waals surface area (Å²) in [5.41, 5.74) is 0.567. The third kappa shape index (κ3) is 3.88. The molecule has 0 bridgehead atoms. The Kier molecular flexibility index (Phi) is 4.57. The van der Waals surface area contributed by atoms with Crippen LogP contribution < -0.4 is 5.32 Å². The predicted octanol–water partition coefficient (Wildman–Crippen LogP) is 2.89. The summed E-state index contributed by atoms with van der Waals surface area (Å²) in [5, 5.41) is 3.31. The van der Waals surface area contributed by atoms with Gasteiger partial charge in [0.15, 0.2) is 0 Å². The van der Waals surface area contributed by atoms with Crippen LogP contribution in [0.2, 0.25) is 5.02 Å². The second-order valence-electron chi connectivity index (χ2n) is 5.53. The molecule has 0 saturated carbocycles. The molecule has 0 aromatic carbocycles. The summed E-state index contributed by atoms with van der Waals surface area (Å²) >= 11 is 6.02. The average Bonchev–Trinajstić information content (AvgIpc) is 2.25. The summed E-state index contributed by atoms with van der Waals surface area (Å²) in [6.07, 6.45) is 1.54. The molecule has 1 rings (SSSR count). The van der Waals surface area contributed by atoms with Gasteiger partial charge >= 0.3 is 0 Å². The van der Waals surface area contributed by atoms with Gasteiger partial charge < -0.3 is 10.2 Å². The molecule has 0 saturated heterocycles. The molecule has 0 aliphatic rings. The van der Waals surface area contributed by atoms with E-state index in [0.717, 1.165) is 0 Å². The Morgan fingerprint density at radius 3 is 2.56 bits per heavy atom. The molecule has 0 radical (unpaired) electrons. The Morgan fingerprint density at radius 2 is 2.11 bits per heavy atom. The fraction of sp³-hybridized carbons (Fsp3) is 0.538. The van der Waals surface area contributed by atoms with Crippen molar-refractivity contribution < 1.29 is 4.79 Å². The van der Waals surface area contributed by atoms with Crippen molar-refractivity contribution in [3.8, 4) is 0 Å². The first-order chi connectivity index (χ1) is 8.24. The van der Waals surface area contributed by atoms with Crippen LogP contribution in [0.25, 0.3) is 0 Å². The van der Waals surface area contributed by atoms with E-state index in [4.69, 9.17) is 11.6 Å². The van der Waals surface area contributed by atoms with Crippen LogP contribution in [-0.2, 0) is 0 Å². The molecule has 1 amide bonds. The molecule has 1 N–H and O–H groups in total. The Morgan fingerprint density at radius 1 is 1.50 bits per heavy atom. The highest BCUT2D eigenvalue weighted by Gasteiger charge is 2.19. The Hall–Kier alpha value is -1.29. The maximum absolute atomic E-state index is 12.2. The topological polar surface area (TPSA) is 45.2 Å². The van der Waals surface area contributed by atoms with Crippen LogP contribution >= 0.6 is 11.6 Å². The highest BCUT2D eigenvalue weighted by Crippen LogP contribution is 2.21. The minimum absolute atomic E-state index is 0.0621. The van der Waals surface area contributed by atoms with Gasteiger partial charge in [0, 0.05) is 26.8 Å². The first kappa shape index (κ1) is 14.8. The fourth-order valence-corrected chi connectivity index (χ4v) is 2.00. The lowest BCUT2D eigenvalue weighted by molar-refractivity contribution is 0.0745. The van der Waals surface area contributed by atoms with Crippen molar-refractivity contribution in [3.63, 3.8) is 0 Å². The largest absolute Gasteiger partial charge is 0.372 e. The number of rotatable bonds is 3. The van der Waals surface area contributed by atoms with E-state index >= 15 is 0 Å². The number of hydrogen-bond acceptors (Lipinski definition) is 3. The minimum atomic E-state index is -0.0676. The molecule has 0 aliphatic heterocycles. The lowest BCUT2D eigenvalue weighted by atomic mass is 9.96. The van der Waals surface area contributed by atoms with Crippen molar-refractivity contribution >= 4 is 23.3 Å². The van der Waals surface area contributed by atoms with Crippen LogP contribution in [0.3, 0.4) is 0 Å². The van der Waals surface area contributed by atoms with Crippen LogP contribution in [0.15, 0.2) is 12.3 Å². The Balaban J connectivity index is 2.87. The van der Waals surface area contributed by atoms with E-state index in [-0.39, 0.29) is 11.3 Å². The van der Waals surface area contributed by atoms with Gasteiger partial charge in [-0.15, -0.1) is 0 Å². The Labute approximate surface area is 113 Å². The summed E-state index contributed by atoms with van der Waals surface area (Å²) in [6, 6.07) is 1.64. The zero-order chi connectivity index (χ0) is 13.9. The van der Waals surface area contributed by atoms with Crippen LogP contribution in [0.4, 0.5) is 5.82 Å². The predicted molar refractivity (Wildman–Crippen MR) is 75.2 cm³/mol. The second-order valence-corrected chi connectivity index (χ2v) is 5.93. The van der Waals surface area contributed by atoms with Gasteiger partial charge in [-0.3, -0.25) is 4.79 Å². The van der Waals surface area contributed by atoms with Crippen molar-refractivity contribution in [2.75, 3.05) is 26.0 Å². The van der Waals surface area contributed by atoms with Crippen molar-refractivity contribution in [3.05, 3.63) is 22.8 Å². The molecule has 1 aromatic heterocycles. The molecule has 5 heteroatoms. The summed E-state index contributed by atoms with van der Waals surface area (Å²) in [5.74, 6) is 0.508. The first-order valence-corrected chi connectivity index (χ1v) is 6.21. The highest BCUT2D eigenvalue weighted by molar-refractivity contribution is 6.33. The average molecular weight is 270 g/mol. The molecule has 18 heavy (non-hydrogen) atoms. The normalized spacial score (nSPS) is 11.2. The lowest BCUT2D eigenvalue weighted by Gasteiger charge is -2.26. The number of anilines is 1. The van der Waals surface area contributed by atoms with Crippen molar-refractivity contribution in [1.82, 2.24) is 9.88 Å². The third-order valence-corrected chi connectivity index (χ3v) is 2.67. The summed E-state index contributed by atoms with van der Waals surface area (Å²) in [6.45, 7) is 6.95. The SMILES string of the molecule is CNc1ncc(C(=O)N(C)CC(C)(C)C)cc1Cl. The molecule has 1 aromatic rings. The highest BCUT2D eigenvalue weighted by atomic mass is 35.5. The van der Waals surface area contributed by atoms with Gasteiger partial charge in [-0.1, -0.05) is 32.4 Å². The number of nitrogens with one attached hydrogen (secondary N) is 1. The van der Waals surface area contributed by atoms with Crippen LogP contribution in [-0.4, -0.2) is 36.4 Å². The Bertz CT molecular complexity index is 440. The standard InChI is InChI=1S/C13H20ClN3O/c1-13(2,3)8-17(5)12(18)9-6-10(14)11(15-4)16-7-9/h6-7H,8H2,1-5H3,(H,15,16). The van der Waals surface area contributed by atoms with Crippen molar-refractivity contribution in [2.45, 2.75) is 20.8 Å². The second kappa shape index (κ2) is 5.57. The first-order valence-electron chi connectivity index (χ1n) is 5.83. The van der Waals surface area contributed by atoms with Gasteiger partial charge in [0.1, 0.15) is 5.82 Å². The zero-order valence-corrected chi connectivity index (χ0v) is 12.3. The number of aromatic nitrogens is 1. The minimum Gasteiger partial charge on any atom is -0.372 e. The van der Waals surface area contributed by atoms with E-state index in [1.165, 1.54) is 0 Å². The van der Waals surface area contributed by atoms with E-state index in [1.807, 2.05) is 0 Å². The van der Waals surface area contributed by atoms with E-state index in [0.29, 0.717) is 22.9 Å². The van der Waals surface area contributed by atoms with Gasteiger partial charge in [0.2, 0.25) is 0 Å². The van der Waals surface area contributed by atoms with Crippen LogP contribution in [0, 0.1) is 5.41 Å². The van der Waals surface area contributed by atoms with E-state index in [9.17, 15) is 4.79 Å². The van der Waals surface area contributed by atoms with Crippen LogP contribution in [0.1, 0.15) is 31.1 Å².